The Balaban J connectivity index is 1.90. The molecule has 0 spiro atoms. The highest BCUT2D eigenvalue weighted by Crippen LogP contribution is 2.35. The Morgan fingerprint density at radius 2 is 1.32 bits per heavy atom. The lowest BCUT2D eigenvalue weighted by molar-refractivity contribution is 0.249. The van der Waals surface area contributed by atoms with Gasteiger partial charge in [-0.25, -0.2) is 0 Å². The lowest BCUT2D eigenvalue weighted by Crippen LogP contribution is -2.25. The summed E-state index contributed by atoms with van der Waals surface area (Å²) in [7, 11) is 0. The molecule has 0 aliphatic carbocycles. The summed E-state index contributed by atoms with van der Waals surface area (Å²) in [6, 6.07) is 30.0. The van der Waals surface area contributed by atoms with Crippen LogP contribution < -0.4 is 4.74 Å². The van der Waals surface area contributed by atoms with Gasteiger partial charge in [-0.1, -0.05) is 93.6 Å². The molecule has 0 heterocycles. The van der Waals surface area contributed by atoms with Gasteiger partial charge in [0, 0.05) is 6.54 Å². The second kappa shape index (κ2) is 12.1. The molecule has 0 N–H and O–H groups in total. The minimum absolute atomic E-state index is 0.740. The Labute approximate surface area is 188 Å². The normalized spacial score (nSPS) is 12.0. The maximum Gasteiger partial charge on any atom is 0.119 e. The van der Waals surface area contributed by atoms with Gasteiger partial charge in [-0.2, -0.15) is 0 Å². The van der Waals surface area contributed by atoms with Gasteiger partial charge in [0.05, 0.1) is 6.61 Å². The van der Waals surface area contributed by atoms with E-state index in [-0.39, 0.29) is 0 Å². The third-order valence-electron chi connectivity index (χ3n) is 5.74. The molecule has 3 rings (SSSR count). The van der Waals surface area contributed by atoms with E-state index in [1.54, 1.807) is 0 Å². The molecule has 0 bridgehead atoms. The standard InChI is InChI=1S/C29H35NO/c1-4-28(24-15-9-7-10-16-24)29(25-17-11-8-12-18-25)26-19-13-20-27(23-26)31-22-14-21-30(5-2)6-3/h7-13,15-20,23H,4-6,14,21-22H2,1-3H3/b29-28-. The molecule has 0 amide bonds. The van der Waals surface area contributed by atoms with Gasteiger partial charge in [0.15, 0.2) is 0 Å². The van der Waals surface area contributed by atoms with E-state index in [2.05, 4.69) is 111 Å². The molecule has 3 aromatic rings. The summed E-state index contributed by atoms with van der Waals surface area (Å²) in [5.74, 6) is 0.939. The minimum Gasteiger partial charge on any atom is -0.494 e. The van der Waals surface area contributed by atoms with Gasteiger partial charge in [-0.15, -0.1) is 0 Å². The van der Waals surface area contributed by atoms with E-state index in [0.29, 0.717) is 0 Å². The van der Waals surface area contributed by atoms with Gasteiger partial charge < -0.3 is 9.64 Å². The molecule has 0 unspecified atom stereocenters. The number of allylic oxidation sites excluding steroid dienone is 1. The molecule has 0 fully saturated rings. The first-order valence-corrected chi connectivity index (χ1v) is 11.6. The highest BCUT2D eigenvalue weighted by Gasteiger charge is 2.13. The second-order valence-electron chi connectivity index (χ2n) is 7.70. The van der Waals surface area contributed by atoms with Crippen molar-refractivity contribution in [2.75, 3.05) is 26.2 Å². The highest BCUT2D eigenvalue weighted by atomic mass is 16.5. The number of hydrogen-bond donors (Lipinski definition) is 0. The summed E-state index contributed by atoms with van der Waals surface area (Å²) in [5, 5.41) is 0. The molecule has 2 heteroatoms. The summed E-state index contributed by atoms with van der Waals surface area (Å²) < 4.78 is 6.14. The predicted molar refractivity (Wildman–Crippen MR) is 133 cm³/mol. The Kier molecular flexibility index (Phi) is 8.93. The Hall–Kier alpha value is -2.84. The van der Waals surface area contributed by atoms with E-state index in [4.69, 9.17) is 4.74 Å². The summed E-state index contributed by atoms with van der Waals surface area (Å²) in [6.45, 7) is 10.7. The van der Waals surface area contributed by atoms with Gasteiger partial charge in [0.2, 0.25) is 0 Å². The van der Waals surface area contributed by atoms with Crippen LogP contribution in [0.3, 0.4) is 0 Å². The van der Waals surface area contributed by atoms with Crippen molar-refractivity contribution in [2.24, 2.45) is 0 Å². The van der Waals surface area contributed by atoms with Gasteiger partial charge >= 0.3 is 0 Å². The first-order valence-electron chi connectivity index (χ1n) is 11.6. The summed E-state index contributed by atoms with van der Waals surface area (Å²) in [6.07, 6.45) is 2.00. The van der Waals surface area contributed by atoms with Crippen molar-refractivity contribution in [3.63, 3.8) is 0 Å². The molecule has 0 radical (unpaired) electrons. The van der Waals surface area contributed by atoms with E-state index >= 15 is 0 Å². The average molecular weight is 414 g/mol. The Morgan fingerprint density at radius 3 is 1.94 bits per heavy atom. The molecule has 31 heavy (non-hydrogen) atoms. The van der Waals surface area contributed by atoms with Crippen LogP contribution in [0.15, 0.2) is 84.9 Å². The van der Waals surface area contributed by atoms with Crippen LogP contribution in [0.5, 0.6) is 5.75 Å². The fourth-order valence-electron chi connectivity index (χ4n) is 4.04. The number of hydrogen-bond acceptors (Lipinski definition) is 2. The maximum absolute atomic E-state index is 6.14. The van der Waals surface area contributed by atoms with Crippen molar-refractivity contribution in [1.82, 2.24) is 4.90 Å². The predicted octanol–water partition coefficient (Wildman–Crippen LogP) is 7.17. The van der Waals surface area contributed by atoms with Crippen molar-refractivity contribution in [1.29, 1.82) is 0 Å². The van der Waals surface area contributed by atoms with Crippen LogP contribution in [0.25, 0.3) is 11.1 Å². The largest absolute Gasteiger partial charge is 0.494 e. The Morgan fingerprint density at radius 1 is 0.710 bits per heavy atom. The monoisotopic (exact) mass is 413 g/mol. The van der Waals surface area contributed by atoms with Crippen LogP contribution in [0, 0.1) is 0 Å². The SMILES string of the molecule is CC/C(=C(\c1ccccc1)c1cccc(OCCCN(CC)CC)c1)c1ccccc1. The van der Waals surface area contributed by atoms with E-state index < -0.39 is 0 Å². The van der Waals surface area contributed by atoms with Crippen molar-refractivity contribution in [3.05, 3.63) is 102 Å². The molecule has 0 atom stereocenters. The molecule has 0 saturated heterocycles. The summed E-state index contributed by atoms with van der Waals surface area (Å²) in [5.41, 5.74) is 6.35. The molecular weight excluding hydrogens is 378 g/mol. The summed E-state index contributed by atoms with van der Waals surface area (Å²) >= 11 is 0. The zero-order chi connectivity index (χ0) is 21.9. The smallest absolute Gasteiger partial charge is 0.119 e. The third-order valence-corrected chi connectivity index (χ3v) is 5.74. The Bertz CT molecular complexity index is 943. The number of ether oxygens (including phenoxy) is 1. The topological polar surface area (TPSA) is 12.5 Å². The molecule has 0 aliphatic rings. The second-order valence-corrected chi connectivity index (χ2v) is 7.70. The summed E-state index contributed by atoms with van der Waals surface area (Å²) in [4.78, 5) is 2.43. The van der Waals surface area contributed by atoms with Gasteiger partial charge in [-0.05, 0) is 65.9 Å². The molecule has 3 aromatic carbocycles. The first-order chi connectivity index (χ1) is 15.3. The van der Waals surface area contributed by atoms with E-state index in [0.717, 1.165) is 44.8 Å². The van der Waals surface area contributed by atoms with E-state index in [1.165, 1.54) is 27.8 Å². The highest BCUT2D eigenvalue weighted by molar-refractivity contribution is 5.98. The van der Waals surface area contributed by atoms with Crippen LogP contribution in [0.1, 0.15) is 50.3 Å². The molecule has 162 valence electrons. The maximum atomic E-state index is 6.14. The van der Waals surface area contributed by atoms with Crippen molar-refractivity contribution >= 4 is 11.1 Å². The molecule has 0 aromatic heterocycles. The lowest BCUT2D eigenvalue weighted by atomic mass is 9.88. The number of benzene rings is 3. The average Bonchev–Trinajstić information content (AvgIpc) is 2.84. The van der Waals surface area contributed by atoms with Gasteiger partial charge in [0.1, 0.15) is 5.75 Å². The van der Waals surface area contributed by atoms with Crippen molar-refractivity contribution < 1.29 is 4.74 Å². The van der Waals surface area contributed by atoms with Crippen LogP contribution in [0.4, 0.5) is 0 Å². The van der Waals surface area contributed by atoms with Crippen LogP contribution in [0.2, 0.25) is 0 Å². The van der Waals surface area contributed by atoms with Crippen LogP contribution >= 0.6 is 0 Å². The number of nitrogens with zero attached hydrogens (tertiary/aromatic N) is 1. The zero-order valence-electron chi connectivity index (χ0n) is 19.2. The van der Waals surface area contributed by atoms with E-state index in [9.17, 15) is 0 Å². The molecular formula is C29H35NO. The molecule has 0 aliphatic heterocycles. The first kappa shape index (κ1) is 22.8. The lowest BCUT2D eigenvalue weighted by Gasteiger charge is -2.18. The van der Waals surface area contributed by atoms with Crippen LogP contribution in [-0.4, -0.2) is 31.1 Å². The quantitative estimate of drug-likeness (QED) is 0.244. The van der Waals surface area contributed by atoms with Gasteiger partial charge in [0.25, 0.3) is 0 Å². The minimum atomic E-state index is 0.740. The fraction of sp³-hybridized carbons (Fsp3) is 0.310. The van der Waals surface area contributed by atoms with Crippen molar-refractivity contribution in [3.8, 4) is 5.75 Å². The third kappa shape index (κ3) is 6.32. The van der Waals surface area contributed by atoms with Crippen molar-refractivity contribution in [2.45, 2.75) is 33.6 Å². The van der Waals surface area contributed by atoms with Gasteiger partial charge in [-0.3, -0.25) is 0 Å². The van der Waals surface area contributed by atoms with E-state index in [1.807, 2.05) is 0 Å². The van der Waals surface area contributed by atoms with Crippen LogP contribution in [-0.2, 0) is 0 Å². The fourth-order valence-corrected chi connectivity index (χ4v) is 4.04. The number of rotatable bonds is 11. The molecule has 2 nitrogen and oxygen atoms in total. The molecule has 0 saturated carbocycles. The zero-order valence-corrected chi connectivity index (χ0v) is 19.2.